The number of amides is 3. The molecule has 1 aliphatic rings. The minimum Gasteiger partial charge on any atom is -0.324 e. The second-order valence-electron chi connectivity index (χ2n) is 6.40. The minimum absolute atomic E-state index is 0.0643. The molecule has 0 radical (unpaired) electrons. The number of rotatable bonds is 4. The van der Waals surface area contributed by atoms with Crippen molar-refractivity contribution in [3.05, 3.63) is 69.1 Å². The maximum Gasteiger partial charge on any atom is 0.416 e. The number of carbonyl (C=O) groups excluding carboxylic acids is 3. The molecule has 0 aromatic heterocycles. The molecule has 0 saturated carbocycles. The maximum atomic E-state index is 12.8. The fourth-order valence-electron chi connectivity index (χ4n) is 2.61. The van der Waals surface area contributed by atoms with E-state index in [9.17, 15) is 27.6 Å². The van der Waals surface area contributed by atoms with E-state index in [1.54, 1.807) is 19.1 Å². The van der Waals surface area contributed by atoms with E-state index in [0.29, 0.717) is 22.5 Å². The van der Waals surface area contributed by atoms with E-state index >= 15 is 0 Å². The van der Waals surface area contributed by atoms with Crippen LogP contribution in [-0.4, -0.2) is 28.5 Å². The van der Waals surface area contributed by atoms with Gasteiger partial charge in [-0.2, -0.15) is 13.2 Å². The molecule has 10 heteroatoms. The summed E-state index contributed by atoms with van der Waals surface area (Å²) in [6, 6.07) is 9.25. The first-order valence-corrected chi connectivity index (χ1v) is 9.72. The highest BCUT2D eigenvalue weighted by atomic mass is 35.5. The summed E-state index contributed by atoms with van der Waals surface area (Å²) in [4.78, 5) is 37.5. The van der Waals surface area contributed by atoms with Gasteiger partial charge in [0, 0.05) is 10.7 Å². The van der Waals surface area contributed by atoms with Crippen LogP contribution >= 0.6 is 23.4 Å². The summed E-state index contributed by atoms with van der Waals surface area (Å²) in [6.07, 6.45) is -3.34. The zero-order valence-corrected chi connectivity index (χ0v) is 17.0. The van der Waals surface area contributed by atoms with Gasteiger partial charge in [-0.05, 0) is 60.2 Å². The maximum absolute atomic E-state index is 12.8. The average molecular weight is 455 g/mol. The molecule has 3 rings (SSSR count). The number of imide groups is 1. The van der Waals surface area contributed by atoms with Crippen molar-refractivity contribution in [2.45, 2.75) is 13.1 Å². The van der Waals surface area contributed by atoms with E-state index < -0.39 is 35.3 Å². The Balaban J connectivity index is 1.72. The summed E-state index contributed by atoms with van der Waals surface area (Å²) in [5.74, 6) is -1.36. The lowest BCUT2D eigenvalue weighted by atomic mass is 10.1. The molecule has 2 aromatic rings. The number of alkyl halides is 3. The molecule has 1 fully saturated rings. The van der Waals surface area contributed by atoms with Crippen molar-refractivity contribution in [2.75, 3.05) is 11.9 Å². The van der Waals surface area contributed by atoms with Crippen LogP contribution < -0.4 is 5.32 Å². The van der Waals surface area contributed by atoms with Crippen LogP contribution in [0.5, 0.6) is 0 Å². The zero-order chi connectivity index (χ0) is 22.1. The zero-order valence-electron chi connectivity index (χ0n) is 15.4. The predicted molar refractivity (Wildman–Crippen MR) is 109 cm³/mol. The quantitative estimate of drug-likeness (QED) is 0.633. The lowest BCUT2D eigenvalue weighted by Gasteiger charge is -2.13. The highest BCUT2D eigenvalue weighted by molar-refractivity contribution is 8.18. The molecule has 156 valence electrons. The van der Waals surface area contributed by atoms with Gasteiger partial charge in [-0.3, -0.25) is 19.3 Å². The van der Waals surface area contributed by atoms with Crippen molar-refractivity contribution >= 4 is 52.2 Å². The number of halogens is 4. The fraction of sp³-hybridized carbons (Fsp3) is 0.150. The second kappa shape index (κ2) is 8.53. The van der Waals surface area contributed by atoms with Crippen LogP contribution in [0.1, 0.15) is 16.7 Å². The lowest BCUT2D eigenvalue weighted by molar-refractivity contribution is -0.137. The summed E-state index contributed by atoms with van der Waals surface area (Å²) in [5.41, 5.74) is 0.475. The Bertz CT molecular complexity index is 1070. The molecule has 0 bridgehead atoms. The number of benzene rings is 2. The van der Waals surface area contributed by atoms with Gasteiger partial charge in [0.1, 0.15) is 6.54 Å². The van der Waals surface area contributed by atoms with E-state index in [1.807, 2.05) is 0 Å². The highest BCUT2D eigenvalue weighted by Crippen LogP contribution is 2.34. The van der Waals surface area contributed by atoms with Gasteiger partial charge in [-0.1, -0.05) is 29.8 Å². The Kier molecular flexibility index (Phi) is 6.23. The third-order valence-electron chi connectivity index (χ3n) is 4.14. The standard InChI is InChI=1S/C20H14ClF3N2O3S/c1-11-5-6-14(9-15(11)21)25-17(27)10-26-18(28)16(30-19(26)29)8-12-3-2-4-13(7-12)20(22,23)24/h2-9H,10H2,1H3,(H,25,27)/b16-8+. The Morgan fingerprint density at radius 3 is 2.60 bits per heavy atom. The lowest BCUT2D eigenvalue weighted by Crippen LogP contribution is -2.36. The van der Waals surface area contributed by atoms with Crippen LogP contribution in [-0.2, 0) is 15.8 Å². The van der Waals surface area contributed by atoms with Crippen molar-refractivity contribution in [3.8, 4) is 0 Å². The Morgan fingerprint density at radius 1 is 1.20 bits per heavy atom. The van der Waals surface area contributed by atoms with Gasteiger partial charge in [-0.15, -0.1) is 0 Å². The molecule has 30 heavy (non-hydrogen) atoms. The summed E-state index contributed by atoms with van der Waals surface area (Å²) in [7, 11) is 0. The van der Waals surface area contributed by atoms with E-state index in [2.05, 4.69) is 5.32 Å². The fourth-order valence-corrected chi connectivity index (χ4v) is 3.63. The van der Waals surface area contributed by atoms with E-state index in [1.165, 1.54) is 24.3 Å². The summed E-state index contributed by atoms with van der Waals surface area (Å²) >= 11 is 6.56. The summed E-state index contributed by atoms with van der Waals surface area (Å²) in [5, 5.41) is 2.31. The van der Waals surface area contributed by atoms with Gasteiger partial charge in [-0.25, -0.2) is 0 Å². The van der Waals surface area contributed by atoms with Gasteiger partial charge in [0.05, 0.1) is 10.5 Å². The van der Waals surface area contributed by atoms with Crippen molar-refractivity contribution in [1.29, 1.82) is 0 Å². The number of nitrogens with one attached hydrogen (secondary N) is 1. The average Bonchev–Trinajstić information content (AvgIpc) is 2.92. The number of hydrogen-bond donors (Lipinski definition) is 1. The highest BCUT2D eigenvalue weighted by Gasteiger charge is 2.36. The van der Waals surface area contributed by atoms with Gasteiger partial charge in [0.25, 0.3) is 11.1 Å². The largest absolute Gasteiger partial charge is 0.416 e. The topological polar surface area (TPSA) is 66.5 Å². The summed E-state index contributed by atoms with van der Waals surface area (Å²) in [6.45, 7) is 1.26. The summed E-state index contributed by atoms with van der Waals surface area (Å²) < 4.78 is 38.5. The number of thioether (sulfide) groups is 1. The molecule has 1 saturated heterocycles. The molecule has 1 aliphatic heterocycles. The smallest absolute Gasteiger partial charge is 0.324 e. The molecule has 0 atom stereocenters. The van der Waals surface area contributed by atoms with Crippen LogP contribution in [0.2, 0.25) is 5.02 Å². The molecule has 1 N–H and O–H groups in total. The van der Waals surface area contributed by atoms with Crippen LogP contribution in [0.4, 0.5) is 23.7 Å². The molecule has 5 nitrogen and oxygen atoms in total. The van der Waals surface area contributed by atoms with Crippen LogP contribution in [0.15, 0.2) is 47.4 Å². The Morgan fingerprint density at radius 2 is 1.93 bits per heavy atom. The Hall–Kier alpha value is -2.78. The van der Waals surface area contributed by atoms with Crippen molar-refractivity contribution in [3.63, 3.8) is 0 Å². The van der Waals surface area contributed by atoms with Crippen molar-refractivity contribution in [1.82, 2.24) is 4.90 Å². The third-order valence-corrected chi connectivity index (χ3v) is 5.46. The molecule has 0 unspecified atom stereocenters. The molecule has 2 aromatic carbocycles. The van der Waals surface area contributed by atoms with Crippen LogP contribution in [0.3, 0.4) is 0 Å². The van der Waals surface area contributed by atoms with E-state index in [-0.39, 0.29) is 10.5 Å². The molecule has 0 spiro atoms. The predicted octanol–water partition coefficient (Wildman–Crippen LogP) is 5.34. The minimum atomic E-state index is -4.53. The van der Waals surface area contributed by atoms with Crippen LogP contribution in [0, 0.1) is 6.92 Å². The molecule has 1 heterocycles. The first-order chi connectivity index (χ1) is 14.0. The molecule has 0 aliphatic carbocycles. The van der Waals surface area contributed by atoms with Crippen LogP contribution in [0.25, 0.3) is 6.08 Å². The second-order valence-corrected chi connectivity index (χ2v) is 7.80. The number of nitrogens with zero attached hydrogens (tertiary/aromatic N) is 1. The number of anilines is 1. The van der Waals surface area contributed by atoms with Gasteiger partial charge < -0.3 is 5.32 Å². The van der Waals surface area contributed by atoms with Crippen molar-refractivity contribution < 1.29 is 27.6 Å². The van der Waals surface area contributed by atoms with Gasteiger partial charge in [0.2, 0.25) is 5.91 Å². The number of hydrogen-bond acceptors (Lipinski definition) is 4. The first kappa shape index (κ1) is 21.9. The molecular formula is C20H14ClF3N2O3S. The molecular weight excluding hydrogens is 441 g/mol. The van der Waals surface area contributed by atoms with E-state index in [4.69, 9.17) is 11.6 Å². The van der Waals surface area contributed by atoms with Gasteiger partial charge >= 0.3 is 6.18 Å². The van der Waals surface area contributed by atoms with Crippen molar-refractivity contribution in [2.24, 2.45) is 0 Å². The SMILES string of the molecule is Cc1ccc(NC(=O)CN2C(=O)S/C(=C/c3cccc(C(F)(F)F)c3)C2=O)cc1Cl. The first-order valence-electron chi connectivity index (χ1n) is 8.53. The normalized spacial score (nSPS) is 15.8. The number of aryl methyl sites for hydroxylation is 1. The monoisotopic (exact) mass is 454 g/mol. The molecule has 3 amide bonds. The van der Waals surface area contributed by atoms with Gasteiger partial charge in [0.15, 0.2) is 0 Å². The number of carbonyl (C=O) groups is 3. The third kappa shape index (κ3) is 5.03. The Labute approximate surface area is 178 Å². The van der Waals surface area contributed by atoms with E-state index in [0.717, 1.165) is 22.6 Å².